The summed E-state index contributed by atoms with van der Waals surface area (Å²) in [6.45, 7) is 7.11. The Morgan fingerprint density at radius 3 is 2.36 bits per heavy atom. The Balaban J connectivity index is 1.56. The number of benzene rings is 3. The molecule has 0 saturated heterocycles. The first-order chi connectivity index (χ1) is 22.7. The van der Waals surface area contributed by atoms with Gasteiger partial charge in [-0.25, -0.2) is 9.79 Å². The van der Waals surface area contributed by atoms with Crippen LogP contribution in [0.5, 0.6) is 23.0 Å². The van der Waals surface area contributed by atoms with Crippen molar-refractivity contribution in [2.75, 3.05) is 26.9 Å². The zero-order chi connectivity index (χ0) is 33.7. The molecular weight excluding hydrogens is 731 g/mol. The molecule has 47 heavy (non-hydrogen) atoms. The second kappa shape index (κ2) is 15.4. The topological polar surface area (TPSA) is 97.6 Å². The first-order valence-corrected chi connectivity index (χ1v) is 17.1. The van der Waals surface area contributed by atoms with Crippen LogP contribution < -0.4 is 33.8 Å². The number of carbonyl (C=O) groups excluding carboxylic acids is 1. The molecule has 0 radical (unpaired) electrons. The van der Waals surface area contributed by atoms with E-state index in [-0.39, 0.29) is 17.7 Å². The molecule has 1 aliphatic heterocycles. The molecular formula is C34H31BrCl2N2O7S. The Hall–Kier alpha value is -3.77. The van der Waals surface area contributed by atoms with E-state index in [1.54, 1.807) is 42.5 Å². The van der Waals surface area contributed by atoms with Crippen molar-refractivity contribution in [3.63, 3.8) is 0 Å². The summed E-state index contributed by atoms with van der Waals surface area (Å²) < 4.78 is 31.2. The minimum atomic E-state index is -0.807. The fourth-order valence-electron chi connectivity index (χ4n) is 5.00. The largest absolute Gasteiger partial charge is 0.490 e. The van der Waals surface area contributed by atoms with Crippen LogP contribution in [0.2, 0.25) is 10.0 Å². The van der Waals surface area contributed by atoms with Gasteiger partial charge in [-0.3, -0.25) is 9.36 Å². The number of thiazole rings is 1. The van der Waals surface area contributed by atoms with E-state index in [2.05, 4.69) is 20.9 Å². The lowest BCUT2D eigenvalue weighted by Crippen LogP contribution is -2.39. The summed E-state index contributed by atoms with van der Waals surface area (Å²) in [5.41, 5.74) is 2.05. The van der Waals surface area contributed by atoms with Gasteiger partial charge in [-0.1, -0.05) is 46.7 Å². The van der Waals surface area contributed by atoms with Crippen LogP contribution in [-0.4, -0.2) is 37.5 Å². The lowest BCUT2D eigenvalue weighted by molar-refractivity contribution is -0.136. The Bertz CT molecular complexity index is 2030. The number of esters is 1. The van der Waals surface area contributed by atoms with Crippen molar-refractivity contribution in [1.82, 2.24) is 4.57 Å². The number of hydrogen-bond donors (Lipinski definition) is 0. The number of fused-ring (bicyclic) bond motifs is 1. The number of methoxy groups -OCH3 is 1. The van der Waals surface area contributed by atoms with Crippen molar-refractivity contribution >= 4 is 62.5 Å². The van der Waals surface area contributed by atoms with Crippen molar-refractivity contribution in [2.24, 2.45) is 4.99 Å². The highest BCUT2D eigenvalue weighted by molar-refractivity contribution is 9.10. The molecule has 1 aliphatic rings. The smallest absolute Gasteiger partial charge is 0.337 e. The van der Waals surface area contributed by atoms with Gasteiger partial charge in [0.2, 0.25) is 0 Å². The lowest BCUT2D eigenvalue weighted by atomic mass is 9.97. The molecule has 1 atom stereocenters. The Morgan fingerprint density at radius 1 is 0.936 bits per heavy atom. The SMILES string of the molecule is CCOc1ccc([C@@H]2C(C(=O)OC)=CN=c3s/c(=C/c4cc(Br)c(OCc5ccc(Cl)c(Cl)c5)c(OCC)c4)c(=O)n32)cc1OCC. The summed E-state index contributed by atoms with van der Waals surface area (Å²) in [5, 5.41) is 0.899. The highest BCUT2D eigenvalue weighted by Gasteiger charge is 2.31. The maximum absolute atomic E-state index is 14.1. The van der Waals surface area contributed by atoms with E-state index < -0.39 is 12.0 Å². The maximum Gasteiger partial charge on any atom is 0.337 e. The Morgan fingerprint density at radius 2 is 1.66 bits per heavy atom. The molecule has 0 aliphatic carbocycles. The van der Waals surface area contributed by atoms with Gasteiger partial charge in [-0.15, -0.1) is 0 Å². The molecule has 0 bridgehead atoms. The van der Waals surface area contributed by atoms with E-state index >= 15 is 0 Å². The lowest BCUT2D eigenvalue weighted by Gasteiger charge is -2.23. The number of halogens is 3. The third-order valence-electron chi connectivity index (χ3n) is 7.00. The number of hydrogen-bond acceptors (Lipinski definition) is 9. The van der Waals surface area contributed by atoms with Crippen molar-refractivity contribution < 1.29 is 28.5 Å². The quantitative estimate of drug-likeness (QED) is 0.146. The molecule has 9 nitrogen and oxygen atoms in total. The zero-order valence-electron chi connectivity index (χ0n) is 26.0. The van der Waals surface area contributed by atoms with Crippen LogP contribution in [0.1, 0.15) is 43.5 Å². The summed E-state index contributed by atoms with van der Waals surface area (Å²) in [5.74, 6) is 1.46. The molecule has 5 rings (SSSR count). The van der Waals surface area contributed by atoms with Crippen molar-refractivity contribution in [3.05, 3.63) is 111 Å². The first kappa shape index (κ1) is 34.6. The predicted molar refractivity (Wildman–Crippen MR) is 186 cm³/mol. The van der Waals surface area contributed by atoms with Crippen LogP contribution in [0.3, 0.4) is 0 Å². The fraction of sp³-hybridized carbons (Fsp3) is 0.265. The second-order valence-corrected chi connectivity index (χ2v) is 12.7. The number of nitrogens with zero attached hydrogens (tertiary/aromatic N) is 2. The molecule has 0 saturated carbocycles. The summed E-state index contributed by atoms with van der Waals surface area (Å²) in [6, 6.07) is 13.5. The first-order valence-electron chi connectivity index (χ1n) is 14.7. The van der Waals surface area contributed by atoms with E-state index in [0.717, 1.165) is 5.56 Å². The van der Waals surface area contributed by atoms with E-state index in [1.165, 1.54) is 29.2 Å². The van der Waals surface area contributed by atoms with Crippen LogP contribution in [-0.2, 0) is 16.1 Å². The molecule has 3 aromatic carbocycles. The van der Waals surface area contributed by atoms with E-state index in [1.807, 2.05) is 32.9 Å². The van der Waals surface area contributed by atoms with E-state index in [9.17, 15) is 9.59 Å². The predicted octanol–water partition coefficient (Wildman–Crippen LogP) is 6.86. The van der Waals surface area contributed by atoms with Gasteiger partial charge in [0.15, 0.2) is 27.8 Å². The monoisotopic (exact) mass is 760 g/mol. The summed E-state index contributed by atoms with van der Waals surface area (Å²) >= 11 is 17.0. The molecule has 246 valence electrons. The van der Waals surface area contributed by atoms with Gasteiger partial charge >= 0.3 is 5.97 Å². The van der Waals surface area contributed by atoms with Gasteiger partial charge in [0.25, 0.3) is 5.56 Å². The normalized spacial score (nSPS) is 14.1. The minimum Gasteiger partial charge on any atom is -0.490 e. The molecule has 2 heterocycles. The van der Waals surface area contributed by atoms with Crippen LogP contribution >= 0.6 is 50.5 Å². The third-order valence-corrected chi connectivity index (χ3v) is 9.33. The van der Waals surface area contributed by atoms with Gasteiger partial charge in [0.05, 0.1) is 57.6 Å². The summed E-state index contributed by atoms with van der Waals surface area (Å²) in [4.78, 5) is 31.9. The number of aromatic nitrogens is 1. The van der Waals surface area contributed by atoms with Gasteiger partial charge in [-0.2, -0.15) is 0 Å². The van der Waals surface area contributed by atoms with Gasteiger partial charge in [0, 0.05) is 6.20 Å². The van der Waals surface area contributed by atoms with Crippen molar-refractivity contribution in [2.45, 2.75) is 33.4 Å². The molecule has 0 N–H and O–H groups in total. The maximum atomic E-state index is 14.1. The van der Waals surface area contributed by atoms with E-state index in [0.29, 0.717) is 77.8 Å². The number of carbonyl (C=O) groups is 1. The number of rotatable bonds is 12. The van der Waals surface area contributed by atoms with Gasteiger partial charge in [-0.05, 0) is 95.9 Å². The van der Waals surface area contributed by atoms with Crippen molar-refractivity contribution in [3.8, 4) is 23.0 Å². The fourth-order valence-corrected chi connectivity index (χ4v) is 6.86. The Labute approximate surface area is 293 Å². The molecule has 0 amide bonds. The second-order valence-electron chi connectivity index (χ2n) is 10.0. The van der Waals surface area contributed by atoms with Crippen LogP contribution in [0.15, 0.2) is 74.6 Å². The van der Waals surface area contributed by atoms with Gasteiger partial charge < -0.3 is 23.7 Å². The highest BCUT2D eigenvalue weighted by atomic mass is 79.9. The van der Waals surface area contributed by atoms with Crippen LogP contribution in [0.4, 0.5) is 0 Å². The average molecular weight is 763 g/mol. The molecule has 13 heteroatoms. The van der Waals surface area contributed by atoms with E-state index in [4.69, 9.17) is 46.9 Å². The van der Waals surface area contributed by atoms with Gasteiger partial charge in [0.1, 0.15) is 6.61 Å². The minimum absolute atomic E-state index is 0.211. The molecule has 0 spiro atoms. The molecule has 0 fully saturated rings. The average Bonchev–Trinajstić information content (AvgIpc) is 3.37. The Kier molecular flexibility index (Phi) is 11.3. The summed E-state index contributed by atoms with van der Waals surface area (Å²) in [7, 11) is 1.29. The molecule has 0 unspecified atom stereocenters. The highest BCUT2D eigenvalue weighted by Crippen LogP contribution is 2.38. The van der Waals surface area contributed by atoms with Crippen LogP contribution in [0, 0.1) is 0 Å². The van der Waals surface area contributed by atoms with Crippen molar-refractivity contribution in [1.29, 1.82) is 0 Å². The zero-order valence-corrected chi connectivity index (χ0v) is 29.9. The van der Waals surface area contributed by atoms with Crippen LogP contribution in [0.25, 0.3) is 6.08 Å². The molecule has 4 aromatic rings. The third kappa shape index (κ3) is 7.54. The molecule has 1 aromatic heterocycles. The summed E-state index contributed by atoms with van der Waals surface area (Å²) in [6.07, 6.45) is 3.20. The number of ether oxygens (including phenoxy) is 5. The standard InChI is InChI=1S/C34H31BrCl2N2O7S/c1-5-43-26-11-9-21(16-27(26)44-6-2)30-22(33(41)42-4)17-38-34-39(30)32(40)29(47-34)15-20-12-23(35)31(28(14-20)45-7-3)46-18-19-8-10-24(36)25(37)13-19/h8-17,30H,5-7,18H2,1-4H3/b29-15+/t30-/m1/s1.